The first-order valence-corrected chi connectivity index (χ1v) is 8.45. The fourth-order valence-electron chi connectivity index (χ4n) is 3.46. The topological polar surface area (TPSA) is 12.0 Å². The third kappa shape index (κ3) is 3.07. The molecule has 1 aliphatic rings. The zero-order valence-electron chi connectivity index (χ0n) is 12.9. The molecule has 0 fully saturated rings. The summed E-state index contributed by atoms with van der Waals surface area (Å²) in [7, 11) is 0. The predicted molar refractivity (Wildman–Crippen MR) is 92.7 cm³/mol. The Labute approximate surface area is 135 Å². The first kappa shape index (κ1) is 14.8. The van der Waals surface area contributed by atoms with Crippen molar-refractivity contribution >= 4 is 15.9 Å². The molecule has 0 saturated heterocycles. The normalized spacial score (nSPS) is 18.6. The average Bonchev–Trinajstić information content (AvgIpc) is 2.80. The van der Waals surface area contributed by atoms with Gasteiger partial charge >= 0.3 is 0 Å². The van der Waals surface area contributed by atoms with E-state index in [2.05, 4.69) is 78.4 Å². The van der Waals surface area contributed by atoms with Crippen LogP contribution in [-0.2, 0) is 6.42 Å². The SMILES string of the molecule is Cc1ccc(C(C)NC2CCc3cc(Br)ccc32)c(C)c1. The molecule has 0 aliphatic heterocycles. The summed E-state index contributed by atoms with van der Waals surface area (Å²) in [5.41, 5.74) is 7.07. The molecule has 2 aromatic rings. The van der Waals surface area contributed by atoms with Crippen molar-refractivity contribution < 1.29 is 0 Å². The molecule has 1 N–H and O–H groups in total. The summed E-state index contributed by atoms with van der Waals surface area (Å²) in [4.78, 5) is 0. The van der Waals surface area contributed by atoms with Gasteiger partial charge in [0.2, 0.25) is 0 Å². The molecule has 0 bridgehead atoms. The van der Waals surface area contributed by atoms with Crippen LogP contribution >= 0.6 is 15.9 Å². The Morgan fingerprint density at radius 2 is 1.95 bits per heavy atom. The molecule has 2 heteroatoms. The van der Waals surface area contributed by atoms with E-state index in [4.69, 9.17) is 0 Å². The summed E-state index contributed by atoms with van der Waals surface area (Å²) in [5, 5.41) is 3.82. The minimum absolute atomic E-state index is 0.380. The molecule has 2 atom stereocenters. The molecule has 21 heavy (non-hydrogen) atoms. The zero-order chi connectivity index (χ0) is 15.0. The third-order valence-corrected chi connectivity index (χ3v) is 5.02. The lowest BCUT2D eigenvalue weighted by Crippen LogP contribution is -2.23. The summed E-state index contributed by atoms with van der Waals surface area (Å²) in [6.07, 6.45) is 2.37. The molecule has 0 heterocycles. The second-order valence-electron chi connectivity index (χ2n) is 6.18. The summed E-state index contributed by atoms with van der Waals surface area (Å²) in [6.45, 7) is 6.63. The van der Waals surface area contributed by atoms with Crippen LogP contribution in [0.5, 0.6) is 0 Å². The van der Waals surface area contributed by atoms with Gasteiger partial charge in [0.1, 0.15) is 0 Å². The highest BCUT2D eigenvalue weighted by molar-refractivity contribution is 9.10. The molecular formula is C19H22BrN. The molecule has 0 radical (unpaired) electrons. The maximum absolute atomic E-state index is 3.82. The van der Waals surface area contributed by atoms with E-state index in [-0.39, 0.29) is 0 Å². The number of rotatable bonds is 3. The van der Waals surface area contributed by atoms with Crippen molar-refractivity contribution in [3.63, 3.8) is 0 Å². The first-order chi connectivity index (χ1) is 10.0. The lowest BCUT2D eigenvalue weighted by Gasteiger charge is -2.22. The van der Waals surface area contributed by atoms with Crippen molar-refractivity contribution in [2.24, 2.45) is 0 Å². The second kappa shape index (κ2) is 5.94. The van der Waals surface area contributed by atoms with Crippen LogP contribution in [0, 0.1) is 13.8 Å². The van der Waals surface area contributed by atoms with Crippen LogP contribution in [0.25, 0.3) is 0 Å². The Hall–Kier alpha value is -1.12. The van der Waals surface area contributed by atoms with Crippen LogP contribution in [-0.4, -0.2) is 0 Å². The van der Waals surface area contributed by atoms with Gasteiger partial charge in [0, 0.05) is 16.6 Å². The fraction of sp³-hybridized carbons (Fsp3) is 0.368. The second-order valence-corrected chi connectivity index (χ2v) is 7.10. The summed E-state index contributed by atoms with van der Waals surface area (Å²) in [5.74, 6) is 0. The number of hydrogen-bond donors (Lipinski definition) is 1. The van der Waals surface area contributed by atoms with E-state index in [0.717, 1.165) is 0 Å². The van der Waals surface area contributed by atoms with Gasteiger partial charge in [-0.15, -0.1) is 0 Å². The summed E-state index contributed by atoms with van der Waals surface area (Å²) >= 11 is 3.57. The molecule has 0 aromatic heterocycles. The standard InChI is InChI=1S/C19H22BrN/c1-12-4-7-17(13(2)10-12)14(3)21-19-9-5-15-11-16(20)6-8-18(15)19/h4,6-8,10-11,14,19,21H,5,9H2,1-3H3. The number of aryl methyl sites for hydroxylation is 3. The Balaban J connectivity index is 1.79. The van der Waals surface area contributed by atoms with Gasteiger partial charge in [-0.05, 0) is 68.0 Å². The Bertz CT molecular complexity index is 663. The largest absolute Gasteiger partial charge is 0.303 e. The van der Waals surface area contributed by atoms with E-state index in [1.54, 1.807) is 0 Å². The Morgan fingerprint density at radius 3 is 2.71 bits per heavy atom. The van der Waals surface area contributed by atoms with Crippen LogP contribution in [0.15, 0.2) is 40.9 Å². The summed E-state index contributed by atoms with van der Waals surface area (Å²) in [6, 6.07) is 14.3. The maximum Gasteiger partial charge on any atom is 0.0331 e. The van der Waals surface area contributed by atoms with Crippen molar-refractivity contribution in [2.45, 2.75) is 45.7 Å². The van der Waals surface area contributed by atoms with Crippen LogP contribution in [0.3, 0.4) is 0 Å². The number of hydrogen-bond acceptors (Lipinski definition) is 1. The number of fused-ring (bicyclic) bond motifs is 1. The van der Waals surface area contributed by atoms with Crippen molar-refractivity contribution in [1.29, 1.82) is 0 Å². The maximum atomic E-state index is 3.82. The highest BCUT2D eigenvalue weighted by Crippen LogP contribution is 2.35. The smallest absolute Gasteiger partial charge is 0.0331 e. The molecule has 0 spiro atoms. The quantitative estimate of drug-likeness (QED) is 0.786. The lowest BCUT2D eigenvalue weighted by molar-refractivity contribution is 0.464. The minimum Gasteiger partial charge on any atom is -0.303 e. The Kier molecular flexibility index (Phi) is 4.19. The molecule has 110 valence electrons. The molecule has 0 saturated carbocycles. The monoisotopic (exact) mass is 343 g/mol. The van der Waals surface area contributed by atoms with E-state index < -0.39 is 0 Å². The van der Waals surface area contributed by atoms with E-state index in [1.165, 1.54) is 45.1 Å². The van der Waals surface area contributed by atoms with Crippen LogP contribution in [0.4, 0.5) is 0 Å². The van der Waals surface area contributed by atoms with Gasteiger partial charge in [0.25, 0.3) is 0 Å². The third-order valence-electron chi connectivity index (χ3n) is 4.53. The van der Waals surface area contributed by atoms with Crippen LogP contribution < -0.4 is 5.32 Å². The molecule has 2 aromatic carbocycles. The number of halogens is 1. The van der Waals surface area contributed by atoms with E-state index >= 15 is 0 Å². The first-order valence-electron chi connectivity index (χ1n) is 7.66. The van der Waals surface area contributed by atoms with Gasteiger partial charge in [-0.2, -0.15) is 0 Å². The molecule has 2 unspecified atom stereocenters. The highest BCUT2D eigenvalue weighted by Gasteiger charge is 2.24. The van der Waals surface area contributed by atoms with Crippen molar-refractivity contribution in [2.75, 3.05) is 0 Å². The molecule has 1 aliphatic carbocycles. The molecule has 1 nitrogen and oxygen atoms in total. The van der Waals surface area contributed by atoms with Crippen molar-refractivity contribution in [3.8, 4) is 0 Å². The lowest BCUT2D eigenvalue weighted by atomic mass is 9.99. The van der Waals surface area contributed by atoms with Gasteiger partial charge in [0.05, 0.1) is 0 Å². The van der Waals surface area contributed by atoms with Gasteiger partial charge in [-0.25, -0.2) is 0 Å². The van der Waals surface area contributed by atoms with E-state index in [0.29, 0.717) is 12.1 Å². The molecule has 3 rings (SSSR count). The summed E-state index contributed by atoms with van der Waals surface area (Å²) < 4.78 is 1.18. The van der Waals surface area contributed by atoms with Gasteiger partial charge in [-0.1, -0.05) is 45.8 Å². The molecular weight excluding hydrogens is 322 g/mol. The zero-order valence-corrected chi connectivity index (χ0v) is 14.5. The van der Waals surface area contributed by atoms with Crippen LogP contribution in [0.2, 0.25) is 0 Å². The van der Waals surface area contributed by atoms with Crippen LogP contribution in [0.1, 0.15) is 53.2 Å². The van der Waals surface area contributed by atoms with E-state index in [1.807, 2.05) is 0 Å². The Morgan fingerprint density at radius 1 is 1.14 bits per heavy atom. The van der Waals surface area contributed by atoms with Crippen molar-refractivity contribution in [1.82, 2.24) is 5.32 Å². The highest BCUT2D eigenvalue weighted by atomic mass is 79.9. The molecule has 0 amide bonds. The number of benzene rings is 2. The van der Waals surface area contributed by atoms with Crippen molar-refractivity contribution in [3.05, 3.63) is 68.7 Å². The fourth-order valence-corrected chi connectivity index (χ4v) is 3.87. The minimum atomic E-state index is 0.380. The number of nitrogens with one attached hydrogen (secondary N) is 1. The van der Waals surface area contributed by atoms with Gasteiger partial charge in [0.15, 0.2) is 0 Å². The van der Waals surface area contributed by atoms with Gasteiger partial charge < -0.3 is 5.32 Å². The average molecular weight is 344 g/mol. The van der Waals surface area contributed by atoms with Gasteiger partial charge in [-0.3, -0.25) is 0 Å². The van der Waals surface area contributed by atoms with E-state index in [9.17, 15) is 0 Å². The predicted octanol–water partition coefficient (Wildman–Crippen LogP) is 5.40.